The monoisotopic (exact) mass is 371 g/mol. The van der Waals surface area contributed by atoms with Gasteiger partial charge in [0.15, 0.2) is 0 Å². The van der Waals surface area contributed by atoms with Crippen molar-refractivity contribution in [2.75, 3.05) is 7.11 Å². The highest BCUT2D eigenvalue weighted by atomic mass is 35.5. The second-order valence-corrected chi connectivity index (χ2v) is 7.18. The molecule has 1 rings (SSSR count). The van der Waals surface area contributed by atoms with Crippen LogP contribution in [-0.2, 0) is 9.53 Å². The van der Waals surface area contributed by atoms with E-state index in [1.54, 1.807) is 0 Å². The second-order valence-electron chi connectivity index (χ2n) is 5.61. The molecule has 0 saturated carbocycles. The third-order valence-electron chi connectivity index (χ3n) is 3.14. The Morgan fingerprint density at radius 3 is 2.33 bits per heavy atom. The molecule has 0 heterocycles. The zero-order chi connectivity index (χ0) is 16.4. The minimum Gasteiger partial charge on any atom is -0.469 e. The van der Waals surface area contributed by atoms with E-state index in [-0.39, 0.29) is 32.9 Å². The fourth-order valence-electron chi connectivity index (χ4n) is 2.15. The largest absolute Gasteiger partial charge is 0.469 e. The van der Waals surface area contributed by atoms with E-state index in [2.05, 4.69) is 4.74 Å². The molecule has 2 N–H and O–H groups in total. The summed E-state index contributed by atoms with van der Waals surface area (Å²) in [5.74, 6) is -0.293. The number of carbonyl (C=O) groups excluding carboxylic acids is 1. The summed E-state index contributed by atoms with van der Waals surface area (Å²) in [6.07, 6.45) is 0.729. The number of rotatable bonds is 5. The summed E-state index contributed by atoms with van der Waals surface area (Å²) in [7, 11) is 1.35. The van der Waals surface area contributed by atoms with E-state index in [0.29, 0.717) is 17.0 Å². The first-order valence-corrected chi connectivity index (χ1v) is 7.75. The molecule has 0 spiro atoms. The van der Waals surface area contributed by atoms with Gasteiger partial charge in [0.05, 0.1) is 28.6 Å². The molecule has 0 saturated heterocycles. The number of hydrogen-bond donors (Lipinski definition) is 1. The number of hydrogen-bond acceptors (Lipinski definition) is 3. The van der Waals surface area contributed by atoms with Crippen molar-refractivity contribution in [3.05, 3.63) is 31.7 Å². The summed E-state index contributed by atoms with van der Waals surface area (Å²) in [6.45, 7) is 3.84. The third-order valence-corrected chi connectivity index (χ3v) is 4.73. The van der Waals surface area contributed by atoms with Crippen LogP contribution in [0.15, 0.2) is 6.07 Å². The highest BCUT2D eigenvalue weighted by Crippen LogP contribution is 2.43. The Labute approximate surface area is 144 Å². The molecule has 1 unspecified atom stereocenters. The van der Waals surface area contributed by atoms with Crippen LogP contribution in [0.1, 0.15) is 38.3 Å². The van der Waals surface area contributed by atoms with Crippen LogP contribution in [-0.4, -0.2) is 13.1 Å². The third kappa shape index (κ3) is 4.90. The number of halogens is 4. The maximum absolute atomic E-state index is 11.4. The van der Waals surface area contributed by atoms with Gasteiger partial charge in [-0.25, -0.2) is 0 Å². The fourth-order valence-corrected chi connectivity index (χ4v) is 3.35. The van der Waals surface area contributed by atoms with Crippen LogP contribution in [0.5, 0.6) is 0 Å². The van der Waals surface area contributed by atoms with Gasteiger partial charge >= 0.3 is 5.97 Å². The van der Waals surface area contributed by atoms with Crippen molar-refractivity contribution < 1.29 is 9.53 Å². The van der Waals surface area contributed by atoms with Crippen LogP contribution < -0.4 is 5.73 Å². The summed E-state index contributed by atoms with van der Waals surface area (Å²) in [6, 6.07) is 1.04. The Hall–Kier alpha value is -0.190. The van der Waals surface area contributed by atoms with Crippen molar-refractivity contribution in [1.29, 1.82) is 0 Å². The molecule has 0 fully saturated rings. The van der Waals surface area contributed by atoms with Gasteiger partial charge in [0, 0.05) is 16.6 Å². The van der Waals surface area contributed by atoms with E-state index in [1.165, 1.54) is 13.2 Å². The van der Waals surface area contributed by atoms with Gasteiger partial charge < -0.3 is 10.5 Å². The Bertz CT molecular complexity index is 546. The van der Waals surface area contributed by atoms with Crippen LogP contribution in [0.2, 0.25) is 20.1 Å². The van der Waals surface area contributed by atoms with Crippen molar-refractivity contribution in [3.8, 4) is 0 Å². The highest BCUT2D eigenvalue weighted by molar-refractivity contribution is 6.49. The Morgan fingerprint density at radius 2 is 1.81 bits per heavy atom. The second kappa shape index (κ2) is 7.38. The van der Waals surface area contributed by atoms with Gasteiger partial charge in [-0.1, -0.05) is 60.3 Å². The van der Waals surface area contributed by atoms with Crippen LogP contribution in [0.3, 0.4) is 0 Å². The molecule has 21 heavy (non-hydrogen) atoms. The standard InChI is InChI=1S/C14H17Cl4NO2/c1-14(2,6-10(20)21-3)5-9(19)11-7(15)4-8(16)12(17)13(11)18/h4,9H,5-6,19H2,1-3H3. The summed E-state index contributed by atoms with van der Waals surface area (Å²) in [4.78, 5) is 11.4. The molecule has 1 aromatic carbocycles. The van der Waals surface area contributed by atoms with Crippen molar-refractivity contribution in [2.45, 2.75) is 32.7 Å². The zero-order valence-electron chi connectivity index (χ0n) is 12.0. The molecule has 0 aromatic heterocycles. The summed E-state index contributed by atoms with van der Waals surface area (Å²) >= 11 is 24.3. The molecule has 0 amide bonds. The Kier molecular flexibility index (Phi) is 6.63. The van der Waals surface area contributed by atoms with E-state index < -0.39 is 6.04 Å². The molecule has 0 aliphatic carbocycles. The van der Waals surface area contributed by atoms with Crippen molar-refractivity contribution in [3.63, 3.8) is 0 Å². The molecule has 0 aliphatic heterocycles. The molecule has 0 bridgehead atoms. The van der Waals surface area contributed by atoms with Crippen LogP contribution in [0.4, 0.5) is 0 Å². The predicted octanol–water partition coefficient (Wildman–Crippen LogP) is 5.28. The normalized spacial score (nSPS) is 13.1. The number of nitrogens with two attached hydrogens (primary N) is 1. The smallest absolute Gasteiger partial charge is 0.306 e. The number of esters is 1. The molecule has 7 heteroatoms. The summed E-state index contributed by atoms with van der Waals surface area (Å²) in [5.41, 5.74) is 6.36. The lowest BCUT2D eigenvalue weighted by atomic mass is 9.81. The van der Waals surface area contributed by atoms with Gasteiger partial charge in [-0.2, -0.15) is 0 Å². The lowest BCUT2D eigenvalue weighted by Crippen LogP contribution is -2.25. The minimum absolute atomic E-state index is 0.221. The molecule has 1 aromatic rings. The van der Waals surface area contributed by atoms with Crippen LogP contribution in [0.25, 0.3) is 0 Å². The molecule has 3 nitrogen and oxygen atoms in total. The number of ether oxygens (including phenoxy) is 1. The lowest BCUT2D eigenvalue weighted by Gasteiger charge is -2.28. The predicted molar refractivity (Wildman–Crippen MR) is 88.4 cm³/mol. The van der Waals surface area contributed by atoms with Gasteiger partial charge in [-0.3, -0.25) is 4.79 Å². The van der Waals surface area contributed by atoms with Gasteiger partial charge in [0.25, 0.3) is 0 Å². The lowest BCUT2D eigenvalue weighted by molar-refractivity contribution is -0.143. The van der Waals surface area contributed by atoms with Gasteiger partial charge in [-0.05, 0) is 17.9 Å². The molecular weight excluding hydrogens is 356 g/mol. The van der Waals surface area contributed by atoms with Gasteiger partial charge in [-0.15, -0.1) is 0 Å². The van der Waals surface area contributed by atoms with Crippen molar-refractivity contribution in [1.82, 2.24) is 0 Å². The Morgan fingerprint density at radius 1 is 1.24 bits per heavy atom. The van der Waals surface area contributed by atoms with E-state index in [1.807, 2.05) is 13.8 Å². The summed E-state index contributed by atoms with van der Waals surface area (Å²) in [5, 5.41) is 1.10. The molecular formula is C14H17Cl4NO2. The van der Waals surface area contributed by atoms with Crippen molar-refractivity contribution in [2.24, 2.45) is 11.1 Å². The van der Waals surface area contributed by atoms with E-state index in [9.17, 15) is 4.79 Å². The van der Waals surface area contributed by atoms with Crippen LogP contribution >= 0.6 is 46.4 Å². The average Bonchev–Trinajstić information content (AvgIpc) is 2.34. The summed E-state index contributed by atoms with van der Waals surface area (Å²) < 4.78 is 4.69. The number of carbonyl (C=O) groups is 1. The van der Waals surface area contributed by atoms with E-state index in [4.69, 9.17) is 52.1 Å². The van der Waals surface area contributed by atoms with E-state index >= 15 is 0 Å². The molecule has 118 valence electrons. The average molecular weight is 373 g/mol. The molecule has 0 aliphatic rings. The first-order chi connectivity index (χ1) is 9.59. The van der Waals surface area contributed by atoms with Crippen LogP contribution in [0, 0.1) is 5.41 Å². The maximum Gasteiger partial charge on any atom is 0.306 e. The molecule has 1 atom stereocenters. The quantitative estimate of drug-likeness (QED) is 0.434. The highest BCUT2D eigenvalue weighted by Gasteiger charge is 2.28. The first-order valence-electron chi connectivity index (χ1n) is 6.24. The number of benzene rings is 1. The maximum atomic E-state index is 11.4. The SMILES string of the molecule is COC(=O)CC(C)(C)CC(N)c1c(Cl)cc(Cl)c(Cl)c1Cl. The first kappa shape index (κ1) is 18.9. The zero-order valence-corrected chi connectivity index (χ0v) is 15.0. The molecule has 0 radical (unpaired) electrons. The van der Waals surface area contributed by atoms with Crippen molar-refractivity contribution >= 4 is 52.4 Å². The van der Waals surface area contributed by atoms with Gasteiger partial charge in [0.2, 0.25) is 0 Å². The topological polar surface area (TPSA) is 52.3 Å². The fraction of sp³-hybridized carbons (Fsp3) is 0.500. The number of methoxy groups -OCH3 is 1. The minimum atomic E-state index is -0.473. The van der Waals surface area contributed by atoms with Gasteiger partial charge in [0.1, 0.15) is 0 Å². The Balaban J connectivity index is 3.02. The van der Waals surface area contributed by atoms with E-state index in [0.717, 1.165) is 0 Å².